The fourth-order valence-corrected chi connectivity index (χ4v) is 13.2. The van der Waals surface area contributed by atoms with Gasteiger partial charge in [0.25, 0.3) is 0 Å². The van der Waals surface area contributed by atoms with Crippen molar-refractivity contribution >= 4 is 33.6 Å². The lowest BCUT2D eigenvalue weighted by Gasteiger charge is -2.21. The third-order valence-electron chi connectivity index (χ3n) is 18.2. The molecule has 0 aliphatic rings. The lowest BCUT2D eigenvalue weighted by molar-refractivity contribution is -0.161. The van der Waals surface area contributed by atoms with Gasteiger partial charge < -0.3 is 34.2 Å². The van der Waals surface area contributed by atoms with Crippen LogP contribution in [0.4, 0.5) is 0 Å². The van der Waals surface area contributed by atoms with Crippen LogP contribution in [0.15, 0.2) is 158 Å². The lowest BCUT2D eigenvalue weighted by Crippen LogP contribution is -2.30. The van der Waals surface area contributed by atoms with Crippen LogP contribution in [0.2, 0.25) is 0 Å². The summed E-state index contributed by atoms with van der Waals surface area (Å²) in [7, 11) is -9.81. The minimum Gasteiger partial charge on any atom is -0.463 e. The van der Waals surface area contributed by atoms with Crippen molar-refractivity contribution < 1.29 is 75.8 Å². The van der Waals surface area contributed by atoms with Crippen molar-refractivity contribution in [1.29, 1.82) is 0 Å². The van der Waals surface area contributed by atoms with Crippen LogP contribution in [0.1, 0.15) is 355 Å². The van der Waals surface area contributed by atoms with Gasteiger partial charge in [0.15, 0.2) is 6.10 Å². The van der Waals surface area contributed by atoms with Crippen molar-refractivity contribution in [3.8, 4) is 0 Å². The van der Waals surface area contributed by atoms with E-state index >= 15 is 0 Å². The van der Waals surface area contributed by atoms with Gasteiger partial charge in [-0.1, -0.05) is 346 Å². The summed E-state index contributed by atoms with van der Waals surface area (Å²) in [5.74, 6) is -1.61. The van der Waals surface area contributed by atoms with Gasteiger partial charge in [-0.3, -0.25) is 32.5 Å². The van der Waals surface area contributed by atoms with E-state index in [0.29, 0.717) is 19.3 Å². The maximum absolute atomic E-state index is 13.0. The number of carbonyl (C=O) groups excluding carboxylic acids is 3. The first-order valence-electron chi connectivity index (χ1n) is 43.8. The molecule has 5 atom stereocenters. The zero-order valence-corrected chi connectivity index (χ0v) is 71.6. The summed E-state index contributed by atoms with van der Waals surface area (Å²) in [4.78, 5) is 58.8. The number of hydrogen-bond donors (Lipinski definition) is 4. The number of aliphatic hydroxyl groups excluding tert-OH is 2. The van der Waals surface area contributed by atoms with Gasteiger partial charge in [-0.2, -0.15) is 0 Å². The monoisotopic (exact) mass is 1590 g/mol. The van der Waals surface area contributed by atoms with E-state index in [0.717, 1.165) is 167 Å². The molecule has 0 aliphatic heterocycles. The highest BCUT2D eigenvalue weighted by Gasteiger charge is 2.29. The highest BCUT2D eigenvalue weighted by atomic mass is 31.2. The van der Waals surface area contributed by atoms with Gasteiger partial charge in [-0.15, -0.1) is 0 Å². The molecule has 0 saturated carbocycles. The Balaban J connectivity index is 4.50. The fraction of sp³-hybridized carbons (Fsp3) is 0.688. The number of aliphatic hydroxyl groups is 2. The number of phosphoric acid groups is 2. The minimum absolute atomic E-state index is 0.0800. The van der Waals surface area contributed by atoms with Gasteiger partial charge in [0.05, 0.1) is 26.4 Å². The van der Waals surface area contributed by atoms with Crippen molar-refractivity contribution in [3.63, 3.8) is 0 Å². The molecule has 16 nitrogen and oxygen atoms in total. The van der Waals surface area contributed by atoms with Crippen molar-refractivity contribution in [1.82, 2.24) is 0 Å². The number of carbonyl (C=O) groups is 3. The molecule has 0 aliphatic carbocycles. The first kappa shape index (κ1) is 106. The normalized spacial score (nSPS) is 14.6. The van der Waals surface area contributed by atoms with Crippen molar-refractivity contribution in [2.24, 2.45) is 0 Å². The van der Waals surface area contributed by atoms with Crippen LogP contribution in [0.25, 0.3) is 0 Å². The van der Waals surface area contributed by atoms with E-state index in [2.05, 4.69) is 179 Å². The van der Waals surface area contributed by atoms with E-state index in [9.17, 15) is 43.5 Å². The molecule has 18 heteroatoms. The topological polar surface area (TPSA) is 231 Å². The second-order valence-corrected chi connectivity index (χ2v) is 31.8. The van der Waals surface area contributed by atoms with E-state index in [1.165, 1.54) is 128 Å². The second-order valence-electron chi connectivity index (χ2n) is 28.9. The molecule has 0 radical (unpaired) electrons. The van der Waals surface area contributed by atoms with Crippen molar-refractivity contribution in [3.05, 3.63) is 158 Å². The average molecular weight is 1590 g/mol. The van der Waals surface area contributed by atoms with Crippen LogP contribution in [-0.2, 0) is 55.8 Å². The summed E-state index contributed by atoms with van der Waals surface area (Å²) in [6.45, 7) is 2.42. The Kier molecular flexibility index (Phi) is 80.9. The molecule has 4 N–H and O–H groups in total. The molecule has 0 aromatic heterocycles. The molecule has 0 saturated heterocycles. The summed E-state index contributed by atoms with van der Waals surface area (Å²) >= 11 is 0. The molecule has 111 heavy (non-hydrogen) atoms. The van der Waals surface area contributed by atoms with Gasteiger partial charge in [0, 0.05) is 19.3 Å². The summed E-state index contributed by atoms with van der Waals surface area (Å²) in [5, 5.41) is 20.7. The Morgan fingerprint density at radius 3 is 0.757 bits per heavy atom. The average Bonchev–Trinajstić information content (AvgIpc) is 0.901. The Morgan fingerprint density at radius 2 is 0.477 bits per heavy atom. The summed E-state index contributed by atoms with van der Waals surface area (Å²) in [5.41, 5.74) is 0. The predicted octanol–water partition coefficient (Wildman–Crippen LogP) is 26.5. The largest absolute Gasteiger partial charge is 0.472 e. The third kappa shape index (κ3) is 85.9. The van der Waals surface area contributed by atoms with Crippen molar-refractivity contribution in [2.45, 2.75) is 373 Å². The molecule has 636 valence electrons. The zero-order chi connectivity index (χ0) is 80.8. The lowest BCUT2D eigenvalue weighted by atomic mass is 10.0. The maximum Gasteiger partial charge on any atom is 0.472 e. The third-order valence-corrected chi connectivity index (χ3v) is 20.1. The van der Waals surface area contributed by atoms with Gasteiger partial charge >= 0.3 is 33.6 Å². The summed E-state index contributed by atoms with van der Waals surface area (Å²) in [6.07, 6.45) is 107. The molecule has 0 amide bonds. The Labute approximate surface area is 676 Å². The first-order valence-corrected chi connectivity index (χ1v) is 46.8. The molecule has 0 bridgehead atoms. The molecular weight excluding hydrogens is 1430 g/mol. The van der Waals surface area contributed by atoms with Crippen molar-refractivity contribution in [2.75, 3.05) is 39.6 Å². The van der Waals surface area contributed by atoms with E-state index in [1.807, 2.05) is 0 Å². The number of rotatable bonds is 82. The van der Waals surface area contributed by atoms with Crippen LogP contribution in [0.3, 0.4) is 0 Å². The Bertz CT molecular complexity index is 2650. The second kappa shape index (κ2) is 84.6. The maximum atomic E-state index is 13.0. The number of phosphoric ester groups is 2. The highest BCUT2D eigenvalue weighted by molar-refractivity contribution is 7.47. The Morgan fingerprint density at radius 1 is 0.261 bits per heavy atom. The molecule has 0 fully saturated rings. The van der Waals surface area contributed by atoms with Crippen LogP contribution < -0.4 is 0 Å². The van der Waals surface area contributed by atoms with E-state index in [-0.39, 0.29) is 19.3 Å². The number of esters is 3. The van der Waals surface area contributed by atoms with Gasteiger partial charge in [-0.25, -0.2) is 9.13 Å². The summed E-state index contributed by atoms with van der Waals surface area (Å²) in [6, 6.07) is 0. The van der Waals surface area contributed by atoms with E-state index < -0.39 is 91.5 Å². The van der Waals surface area contributed by atoms with Gasteiger partial charge in [0.2, 0.25) is 0 Å². The SMILES string of the molecule is CC/C=C\C/C=C\C/C=C\C/C=C\C/C=C\CCCCCCCCCCCCCCCCCCCCCC(=O)OCC(O)COP(=O)(O)OCC(O)COP(=O)(O)OCC(COC(=O)CCCCCCC/C=C\C/C=C\C/C=C\C/C=C\CCCCC)OC(=O)CCCCCCCC/C=C\C/C=C\C/C=C\C/C=C\CC. The standard InChI is InChI=1S/C93H158O16P2/c1-4-7-10-13-16-19-22-25-28-31-34-36-37-38-39-40-41-42-43-44-45-46-47-48-49-51-54-55-58-61-64-67-70-73-76-79-91(96)103-82-88(94)83-105-110(99,100)106-84-89(95)85-107-111(101,102)108-87-90(109-93(98)81-78-75-72-69-66-63-60-57-52-33-30-27-24-21-18-15-12-9-6-3)86-104-92(97)80-77-74-71-68-65-62-59-56-53-50-35-32-29-26-23-20-17-14-11-8-5-2/h7,9-10,12,16-21,25-30,34-36,38-39,50,52,56-57,59,88-90,94-95H,4-6,8,11,13-15,22-24,31-33,37,40-49,51,53-55,58,60-87H2,1-3H3,(H,99,100)(H,101,102)/b10-7-,12-9-,19-16-,20-17-,21-18-,28-25-,29-26-,30-27-,36-34-,39-38-,50-35-,57-52-,59-56-. The van der Waals surface area contributed by atoms with E-state index in [1.54, 1.807) is 0 Å². The predicted molar refractivity (Wildman–Crippen MR) is 463 cm³/mol. The number of hydrogen-bond acceptors (Lipinski definition) is 14. The van der Waals surface area contributed by atoms with Gasteiger partial charge in [0.1, 0.15) is 25.4 Å². The highest BCUT2D eigenvalue weighted by Crippen LogP contribution is 2.45. The molecular formula is C93H158O16P2. The van der Waals surface area contributed by atoms with Gasteiger partial charge in [-0.05, 0) is 148 Å². The minimum atomic E-state index is -4.95. The van der Waals surface area contributed by atoms with Crippen LogP contribution >= 0.6 is 15.6 Å². The summed E-state index contributed by atoms with van der Waals surface area (Å²) < 4.78 is 61.3. The smallest absolute Gasteiger partial charge is 0.463 e. The molecule has 0 aromatic carbocycles. The Hall–Kier alpha value is -4.83. The first-order chi connectivity index (χ1) is 54.2. The van der Waals surface area contributed by atoms with E-state index in [4.69, 9.17) is 32.3 Å². The molecule has 0 heterocycles. The van der Waals surface area contributed by atoms with Crippen LogP contribution in [0.5, 0.6) is 0 Å². The van der Waals surface area contributed by atoms with Crippen LogP contribution in [0, 0.1) is 0 Å². The molecule has 0 spiro atoms. The quantitative estimate of drug-likeness (QED) is 0.0146. The number of ether oxygens (including phenoxy) is 3. The molecule has 5 unspecified atom stereocenters. The molecule has 0 aromatic rings. The molecule has 0 rings (SSSR count). The zero-order valence-electron chi connectivity index (χ0n) is 69.8. The number of unbranched alkanes of at least 4 members (excludes halogenated alkanes) is 33. The number of allylic oxidation sites excluding steroid dienone is 26. The fourth-order valence-electron chi connectivity index (χ4n) is 11.6. The van der Waals surface area contributed by atoms with Crippen LogP contribution in [-0.4, -0.2) is 95.9 Å².